The van der Waals surface area contributed by atoms with Gasteiger partial charge in [0.1, 0.15) is 5.75 Å². The van der Waals surface area contributed by atoms with Crippen LogP contribution in [0.2, 0.25) is 5.04 Å². The fraction of sp³-hybridized carbons (Fsp3) is 0.441. The predicted octanol–water partition coefficient (Wildman–Crippen LogP) is 5.42. The highest BCUT2D eigenvalue weighted by molar-refractivity contribution is 6.99. The molecule has 3 aromatic carbocycles. The van der Waals surface area contributed by atoms with Gasteiger partial charge in [-0.1, -0.05) is 113 Å². The summed E-state index contributed by atoms with van der Waals surface area (Å²) in [5.74, 6) is -1.66. The Morgan fingerprint density at radius 1 is 0.775 bits per heavy atom. The summed E-state index contributed by atoms with van der Waals surface area (Å²) in [7, 11) is -2.76. The van der Waals surface area contributed by atoms with E-state index >= 15 is 0 Å². The molecule has 0 saturated carbocycles. The van der Waals surface area contributed by atoms with E-state index in [1.54, 1.807) is 13.8 Å². The van der Waals surface area contributed by atoms with E-state index in [9.17, 15) is 15.0 Å². The molecular formula is C34H46O5Si. The Bertz CT molecular complexity index is 1180. The van der Waals surface area contributed by atoms with Crippen molar-refractivity contribution in [3.05, 3.63) is 90.0 Å². The van der Waals surface area contributed by atoms with Crippen LogP contribution in [0.4, 0.5) is 0 Å². The number of para-hydroxylation sites is 1. The Kier molecular flexibility index (Phi) is 10.5. The molecule has 0 aliphatic carbocycles. The van der Waals surface area contributed by atoms with E-state index in [2.05, 4.69) is 45.0 Å². The molecule has 3 rings (SSSR count). The smallest absolute Gasteiger partial charge is 0.316 e. The van der Waals surface area contributed by atoms with Crippen molar-refractivity contribution in [1.29, 1.82) is 0 Å². The SMILES string of the molecule is Cc1cccc(C)c1OC(=O)[C@H](C)[C@H](O)[C@@H](C)[C@@H](O)[C@@H](C)CO[Si](c1ccccc1)(c1ccccc1)C(C)(C)C. The van der Waals surface area contributed by atoms with Gasteiger partial charge in [0, 0.05) is 18.4 Å². The minimum atomic E-state index is -2.76. The second-order valence-corrected chi connectivity index (χ2v) is 16.5. The first-order chi connectivity index (χ1) is 18.8. The Morgan fingerprint density at radius 3 is 1.70 bits per heavy atom. The van der Waals surface area contributed by atoms with E-state index in [1.165, 1.54) is 10.4 Å². The second-order valence-electron chi connectivity index (χ2n) is 12.2. The maximum absolute atomic E-state index is 13.0. The quantitative estimate of drug-likeness (QED) is 0.186. The van der Waals surface area contributed by atoms with Gasteiger partial charge in [-0.05, 0) is 47.3 Å². The van der Waals surface area contributed by atoms with Gasteiger partial charge in [0.25, 0.3) is 8.32 Å². The number of benzene rings is 3. The van der Waals surface area contributed by atoms with Crippen molar-refractivity contribution in [3.8, 4) is 5.75 Å². The van der Waals surface area contributed by atoms with E-state index in [-0.39, 0.29) is 11.0 Å². The minimum absolute atomic E-state index is 0.183. The van der Waals surface area contributed by atoms with E-state index < -0.39 is 38.3 Å². The number of aliphatic hydroxyl groups is 2. The topological polar surface area (TPSA) is 76.0 Å². The number of esters is 1. The Labute approximate surface area is 241 Å². The van der Waals surface area contributed by atoms with Crippen LogP contribution in [0.1, 0.15) is 52.7 Å². The molecule has 3 aromatic rings. The van der Waals surface area contributed by atoms with Gasteiger partial charge in [0.2, 0.25) is 0 Å². The highest BCUT2D eigenvalue weighted by Gasteiger charge is 2.50. The first kappa shape index (κ1) is 31.8. The van der Waals surface area contributed by atoms with Crippen LogP contribution in [0, 0.1) is 31.6 Å². The van der Waals surface area contributed by atoms with Gasteiger partial charge in [0.05, 0.1) is 18.1 Å². The number of rotatable bonds is 11. The molecule has 0 spiro atoms. The van der Waals surface area contributed by atoms with Gasteiger partial charge in [0.15, 0.2) is 0 Å². The maximum atomic E-state index is 13.0. The Balaban J connectivity index is 1.78. The Hall–Kier alpha value is -2.77. The summed E-state index contributed by atoms with van der Waals surface area (Å²) < 4.78 is 12.7. The zero-order chi connectivity index (χ0) is 29.7. The van der Waals surface area contributed by atoms with Gasteiger partial charge in [-0.3, -0.25) is 4.79 Å². The molecule has 0 radical (unpaired) electrons. The predicted molar refractivity (Wildman–Crippen MR) is 165 cm³/mol. The number of carbonyl (C=O) groups is 1. The number of hydrogen-bond donors (Lipinski definition) is 2. The summed E-state index contributed by atoms with van der Waals surface area (Å²) in [4.78, 5) is 13.0. The zero-order valence-corrected chi connectivity index (χ0v) is 26.2. The van der Waals surface area contributed by atoms with Crippen LogP contribution < -0.4 is 15.1 Å². The summed E-state index contributed by atoms with van der Waals surface area (Å²) in [6.45, 7) is 16.1. The molecule has 216 valence electrons. The largest absolute Gasteiger partial charge is 0.426 e. The lowest BCUT2D eigenvalue weighted by Gasteiger charge is -2.44. The van der Waals surface area contributed by atoms with Crippen molar-refractivity contribution in [2.24, 2.45) is 17.8 Å². The van der Waals surface area contributed by atoms with Crippen LogP contribution in [-0.2, 0) is 9.22 Å². The summed E-state index contributed by atoms with van der Waals surface area (Å²) in [6.07, 6.45) is -1.97. The van der Waals surface area contributed by atoms with E-state index in [0.29, 0.717) is 12.4 Å². The lowest BCUT2D eigenvalue weighted by Crippen LogP contribution is -2.67. The second kappa shape index (κ2) is 13.3. The van der Waals surface area contributed by atoms with E-state index in [0.717, 1.165) is 11.1 Å². The van der Waals surface area contributed by atoms with Crippen molar-refractivity contribution in [1.82, 2.24) is 0 Å². The normalized spacial score (nSPS) is 16.1. The zero-order valence-electron chi connectivity index (χ0n) is 25.2. The van der Waals surface area contributed by atoms with Gasteiger partial charge in [-0.15, -0.1) is 0 Å². The molecule has 5 atom stereocenters. The molecular weight excluding hydrogens is 516 g/mol. The number of hydrogen-bond acceptors (Lipinski definition) is 5. The molecule has 0 aliphatic heterocycles. The molecule has 0 fully saturated rings. The third kappa shape index (κ3) is 6.74. The lowest BCUT2D eigenvalue weighted by atomic mass is 9.84. The molecule has 2 N–H and O–H groups in total. The van der Waals surface area contributed by atoms with E-state index in [1.807, 2.05) is 75.4 Å². The number of aliphatic hydroxyl groups excluding tert-OH is 2. The number of carbonyl (C=O) groups excluding carboxylic acids is 1. The molecule has 0 heterocycles. The van der Waals surface area contributed by atoms with Crippen molar-refractivity contribution in [2.45, 2.75) is 72.6 Å². The molecule has 0 aliphatic rings. The molecule has 6 heteroatoms. The summed E-state index contributed by atoms with van der Waals surface area (Å²) in [6, 6.07) is 26.5. The first-order valence-electron chi connectivity index (χ1n) is 14.2. The molecule has 0 unspecified atom stereocenters. The van der Waals surface area contributed by atoms with Crippen molar-refractivity contribution in [2.75, 3.05) is 6.61 Å². The molecule has 5 nitrogen and oxygen atoms in total. The molecule has 0 bridgehead atoms. The lowest BCUT2D eigenvalue weighted by molar-refractivity contribution is -0.145. The van der Waals surface area contributed by atoms with Crippen LogP contribution in [0.25, 0.3) is 0 Å². The van der Waals surface area contributed by atoms with Crippen LogP contribution in [0.5, 0.6) is 5.75 Å². The standard InChI is InChI=1S/C34H46O5Si/c1-23-16-15-17-24(2)32(23)39-33(37)27(5)31(36)26(4)30(35)25(3)22-38-40(34(6,7)8,28-18-11-9-12-19-28)29-20-13-10-14-21-29/h9-21,25-27,30-31,35-36H,22H2,1-8H3/t25-,26-,27+,30-,31+/m0/s1. The van der Waals surface area contributed by atoms with Crippen molar-refractivity contribution < 1.29 is 24.2 Å². The van der Waals surface area contributed by atoms with Crippen molar-refractivity contribution in [3.63, 3.8) is 0 Å². The van der Waals surface area contributed by atoms with Crippen LogP contribution in [0.3, 0.4) is 0 Å². The summed E-state index contributed by atoms with van der Waals surface area (Å²) in [5, 5.41) is 24.6. The van der Waals surface area contributed by atoms with Gasteiger partial charge in [-0.25, -0.2) is 0 Å². The average molecular weight is 563 g/mol. The first-order valence-corrected chi connectivity index (χ1v) is 16.1. The third-order valence-corrected chi connectivity index (χ3v) is 13.1. The Morgan fingerprint density at radius 2 is 1.25 bits per heavy atom. The summed E-state index contributed by atoms with van der Waals surface area (Å²) >= 11 is 0. The fourth-order valence-corrected chi connectivity index (χ4v) is 10.3. The fourth-order valence-electron chi connectivity index (χ4n) is 5.59. The van der Waals surface area contributed by atoms with Crippen LogP contribution >= 0.6 is 0 Å². The van der Waals surface area contributed by atoms with Gasteiger partial charge in [-0.2, -0.15) is 0 Å². The van der Waals surface area contributed by atoms with Crippen molar-refractivity contribution >= 4 is 24.7 Å². The highest BCUT2D eigenvalue weighted by atomic mass is 28.4. The summed E-state index contributed by atoms with van der Waals surface area (Å²) in [5.41, 5.74) is 1.72. The molecule has 0 saturated heterocycles. The number of aryl methyl sites for hydroxylation is 2. The molecule has 0 amide bonds. The highest BCUT2D eigenvalue weighted by Crippen LogP contribution is 2.37. The molecule has 0 aromatic heterocycles. The van der Waals surface area contributed by atoms with Gasteiger partial charge < -0.3 is 19.4 Å². The van der Waals surface area contributed by atoms with Gasteiger partial charge >= 0.3 is 5.97 Å². The maximum Gasteiger partial charge on any atom is 0.316 e. The third-order valence-electron chi connectivity index (χ3n) is 8.14. The molecule has 40 heavy (non-hydrogen) atoms. The average Bonchev–Trinajstić information content (AvgIpc) is 2.94. The monoisotopic (exact) mass is 562 g/mol. The van der Waals surface area contributed by atoms with Crippen LogP contribution in [0.15, 0.2) is 78.9 Å². The van der Waals surface area contributed by atoms with E-state index in [4.69, 9.17) is 9.16 Å². The van der Waals surface area contributed by atoms with Crippen LogP contribution in [-0.4, -0.2) is 43.3 Å². The number of ether oxygens (including phenoxy) is 1. The minimum Gasteiger partial charge on any atom is -0.426 e.